The molecule has 1 fully saturated rings. The van der Waals surface area contributed by atoms with E-state index in [4.69, 9.17) is 9.57 Å². The van der Waals surface area contributed by atoms with Crippen molar-refractivity contribution in [3.63, 3.8) is 0 Å². The molecule has 0 radical (unpaired) electrons. The van der Waals surface area contributed by atoms with Gasteiger partial charge >= 0.3 is 6.18 Å². The predicted molar refractivity (Wildman–Crippen MR) is 121 cm³/mol. The molecule has 0 N–H and O–H groups in total. The van der Waals surface area contributed by atoms with Crippen molar-refractivity contribution < 1.29 is 31.5 Å². The number of ether oxygens (including phenoxy) is 1. The molecule has 0 amide bonds. The maximum Gasteiger partial charge on any atom is 0.416 e. The van der Waals surface area contributed by atoms with Gasteiger partial charge in [-0.3, -0.25) is 0 Å². The Morgan fingerprint density at radius 3 is 2.37 bits per heavy atom. The van der Waals surface area contributed by atoms with Crippen LogP contribution in [0.1, 0.15) is 36.0 Å². The largest absolute Gasteiger partial charge is 0.490 e. The van der Waals surface area contributed by atoms with Gasteiger partial charge in [-0.25, -0.2) is 8.78 Å². The summed E-state index contributed by atoms with van der Waals surface area (Å²) in [6.07, 6.45) is -2.87. The summed E-state index contributed by atoms with van der Waals surface area (Å²) < 4.78 is 74.7. The van der Waals surface area contributed by atoms with Crippen molar-refractivity contribution >= 4 is 5.71 Å². The lowest BCUT2D eigenvalue weighted by molar-refractivity contribution is -0.137. The summed E-state index contributed by atoms with van der Waals surface area (Å²) in [5, 5.41) is 4.29. The first kappa shape index (κ1) is 23.3. The number of halogens is 5. The Morgan fingerprint density at radius 2 is 1.66 bits per heavy atom. The Hall–Kier alpha value is -3.42. The van der Waals surface area contributed by atoms with Crippen LogP contribution in [0.4, 0.5) is 22.0 Å². The molecule has 0 aromatic heterocycles. The minimum atomic E-state index is -4.45. The highest BCUT2D eigenvalue weighted by molar-refractivity contribution is 5.86. The molecule has 2 atom stereocenters. The fraction of sp³-hybridized carbons (Fsp3) is 0.296. The molecule has 0 unspecified atom stereocenters. The van der Waals surface area contributed by atoms with E-state index in [0.717, 1.165) is 30.0 Å². The number of rotatable bonds is 4. The van der Waals surface area contributed by atoms with E-state index in [9.17, 15) is 17.6 Å². The Bertz CT molecular complexity index is 1240. The minimum Gasteiger partial charge on any atom is -0.490 e. The molecule has 0 spiro atoms. The lowest BCUT2D eigenvalue weighted by Gasteiger charge is -2.48. The monoisotopic (exact) mass is 487 g/mol. The maximum absolute atomic E-state index is 15.2. The second kappa shape index (κ2) is 8.98. The van der Waals surface area contributed by atoms with Crippen molar-refractivity contribution in [2.24, 2.45) is 11.1 Å². The summed E-state index contributed by atoms with van der Waals surface area (Å²) in [7, 11) is 0. The molecular weight excluding hydrogens is 465 g/mol. The highest BCUT2D eigenvalue weighted by atomic mass is 19.4. The first-order chi connectivity index (χ1) is 16.8. The Balaban J connectivity index is 1.49. The smallest absolute Gasteiger partial charge is 0.416 e. The van der Waals surface area contributed by atoms with Crippen LogP contribution in [-0.4, -0.2) is 12.3 Å². The van der Waals surface area contributed by atoms with Crippen molar-refractivity contribution in [3.8, 4) is 11.5 Å². The standard InChI is InChI=1S/C27H22F5NO2/c28-22-10-11-23(29)25-24(22)26(15-17-6-8-18(9-7-17)27(30,31)32)13-12-20(14-19(26)16-34-25)33-35-21-4-2-1-3-5-21/h1-11,19H,12-16H2/b33-20-/t19-,26+/m1/s1. The van der Waals surface area contributed by atoms with Crippen LogP contribution in [0.3, 0.4) is 0 Å². The molecule has 3 aromatic rings. The van der Waals surface area contributed by atoms with E-state index in [1.807, 2.05) is 18.2 Å². The number of oxime groups is 1. The summed E-state index contributed by atoms with van der Waals surface area (Å²) >= 11 is 0. The Labute approximate surface area is 199 Å². The number of fused-ring (bicyclic) bond motifs is 3. The zero-order chi connectivity index (χ0) is 24.6. The van der Waals surface area contributed by atoms with Crippen LogP contribution in [0.5, 0.6) is 11.5 Å². The van der Waals surface area contributed by atoms with E-state index in [1.54, 1.807) is 12.1 Å². The molecule has 0 saturated heterocycles. The fourth-order valence-corrected chi connectivity index (χ4v) is 5.20. The van der Waals surface area contributed by atoms with Crippen LogP contribution in [0.25, 0.3) is 0 Å². The van der Waals surface area contributed by atoms with E-state index in [2.05, 4.69) is 5.16 Å². The van der Waals surface area contributed by atoms with Crippen LogP contribution >= 0.6 is 0 Å². The predicted octanol–water partition coefficient (Wildman–Crippen LogP) is 7.09. The second-order valence-corrected chi connectivity index (χ2v) is 9.03. The third-order valence-electron chi connectivity index (χ3n) is 6.93. The van der Waals surface area contributed by atoms with Crippen LogP contribution in [-0.2, 0) is 18.0 Å². The molecule has 3 aromatic carbocycles. The Morgan fingerprint density at radius 1 is 0.943 bits per heavy atom. The molecule has 182 valence electrons. The van der Waals surface area contributed by atoms with Gasteiger partial charge in [0.2, 0.25) is 0 Å². The van der Waals surface area contributed by atoms with Gasteiger partial charge in [-0.05, 0) is 67.6 Å². The molecular formula is C27H22F5NO2. The average molecular weight is 487 g/mol. The van der Waals surface area contributed by atoms with Gasteiger partial charge in [-0.2, -0.15) is 13.2 Å². The first-order valence-corrected chi connectivity index (χ1v) is 11.3. The van der Waals surface area contributed by atoms with E-state index >= 15 is 4.39 Å². The van der Waals surface area contributed by atoms with Crippen molar-refractivity contribution in [1.82, 2.24) is 0 Å². The van der Waals surface area contributed by atoms with E-state index < -0.39 is 28.8 Å². The van der Waals surface area contributed by atoms with Gasteiger partial charge in [-0.15, -0.1) is 0 Å². The number of nitrogens with zero attached hydrogens (tertiary/aromatic N) is 1. The van der Waals surface area contributed by atoms with E-state index in [1.165, 1.54) is 12.1 Å². The summed E-state index contributed by atoms with van der Waals surface area (Å²) in [5.41, 5.74) is -0.0791. The number of para-hydroxylation sites is 1. The summed E-state index contributed by atoms with van der Waals surface area (Å²) in [6, 6.07) is 16.0. The first-order valence-electron chi connectivity index (χ1n) is 11.3. The van der Waals surface area contributed by atoms with Gasteiger partial charge in [0.15, 0.2) is 17.3 Å². The topological polar surface area (TPSA) is 30.8 Å². The third-order valence-corrected chi connectivity index (χ3v) is 6.93. The maximum atomic E-state index is 15.2. The van der Waals surface area contributed by atoms with Crippen molar-refractivity contribution in [1.29, 1.82) is 0 Å². The molecule has 5 rings (SSSR count). The van der Waals surface area contributed by atoms with Crippen LogP contribution in [0.15, 0.2) is 71.9 Å². The van der Waals surface area contributed by atoms with Crippen molar-refractivity contribution in [3.05, 3.63) is 95.1 Å². The highest BCUT2D eigenvalue weighted by Crippen LogP contribution is 2.53. The SMILES string of the molecule is Fc1ccc(F)c2c1OC[C@H]1C/C(=N\Oc3ccccc3)CC[C@@]21Cc1ccc(C(F)(F)F)cc1. The molecule has 8 heteroatoms. The highest BCUT2D eigenvalue weighted by Gasteiger charge is 2.50. The molecule has 1 aliphatic heterocycles. The minimum absolute atomic E-state index is 0.117. The molecule has 3 nitrogen and oxygen atoms in total. The molecule has 1 heterocycles. The van der Waals surface area contributed by atoms with E-state index in [-0.39, 0.29) is 30.3 Å². The van der Waals surface area contributed by atoms with Crippen molar-refractivity contribution in [2.45, 2.75) is 37.3 Å². The normalized spacial score (nSPS) is 22.8. The van der Waals surface area contributed by atoms with E-state index in [0.29, 0.717) is 30.6 Å². The molecule has 1 aliphatic carbocycles. The Kier molecular flexibility index (Phi) is 5.99. The van der Waals surface area contributed by atoms with Gasteiger partial charge in [0.05, 0.1) is 17.9 Å². The summed E-state index contributed by atoms with van der Waals surface area (Å²) in [5.74, 6) is -1.04. The number of hydrogen-bond acceptors (Lipinski definition) is 3. The fourth-order valence-electron chi connectivity index (χ4n) is 5.20. The molecule has 35 heavy (non-hydrogen) atoms. The number of hydrogen-bond donors (Lipinski definition) is 0. The molecule has 0 bridgehead atoms. The summed E-state index contributed by atoms with van der Waals surface area (Å²) in [4.78, 5) is 5.54. The quantitative estimate of drug-likeness (QED) is 0.291. The van der Waals surface area contributed by atoms with Gasteiger partial charge < -0.3 is 9.57 Å². The zero-order valence-corrected chi connectivity index (χ0v) is 18.6. The third kappa shape index (κ3) is 4.49. The van der Waals surface area contributed by atoms with Crippen LogP contribution < -0.4 is 9.57 Å². The van der Waals surface area contributed by atoms with Gasteiger partial charge in [0, 0.05) is 16.9 Å². The number of benzene rings is 3. The lowest BCUT2D eigenvalue weighted by Crippen LogP contribution is -2.49. The molecule has 1 saturated carbocycles. The second-order valence-electron chi connectivity index (χ2n) is 9.03. The van der Waals surface area contributed by atoms with Gasteiger partial charge in [0.1, 0.15) is 5.82 Å². The summed E-state index contributed by atoms with van der Waals surface area (Å²) in [6.45, 7) is 0.137. The van der Waals surface area contributed by atoms with Crippen molar-refractivity contribution in [2.75, 3.05) is 6.61 Å². The molecule has 2 aliphatic rings. The number of alkyl halides is 3. The van der Waals surface area contributed by atoms with Gasteiger partial charge in [0.25, 0.3) is 0 Å². The average Bonchev–Trinajstić information content (AvgIpc) is 2.85. The zero-order valence-electron chi connectivity index (χ0n) is 18.6. The van der Waals surface area contributed by atoms with Crippen LogP contribution in [0, 0.1) is 17.6 Å². The van der Waals surface area contributed by atoms with Gasteiger partial charge in [-0.1, -0.05) is 35.5 Å². The van der Waals surface area contributed by atoms with Crippen LogP contribution in [0.2, 0.25) is 0 Å². The lowest BCUT2D eigenvalue weighted by atomic mass is 9.58.